The third-order valence-electron chi connectivity index (χ3n) is 4.18. The topological polar surface area (TPSA) is 105 Å². The van der Waals surface area contributed by atoms with Gasteiger partial charge in [-0.05, 0) is 36.5 Å². The highest BCUT2D eigenvalue weighted by Crippen LogP contribution is 2.13. The number of aromatic hydroxyl groups is 1. The zero-order chi connectivity index (χ0) is 20.5. The van der Waals surface area contributed by atoms with Crippen LogP contribution in [0.5, 0.6) is 5.75 Å². The molecule has 0 saturated carbocycles. The number of carbonyl (C=O) groups is 1. The van der Waals surface area contributed by atoms with Crippen LogP contribution in [0.15, 0.2) is 54.6 Å². The van der Waals surface area contributed by atoms with Crippen LogP contribution in [0.25, 0.3) is 0 Å². The highest BCUT2D eigenvalue weighted by molar-refractivity contribution is 6.57. The molecule has 2 radical (unpaired) electrons. The Kier molecular flexibility index (Phi) is 8.53. The molecule has 2 atom stereocenters. The molecule has 0 aliphatic rings. The lowest BCUT2D eigenvalue weighted by Gasteiger charge is -2.31. The number of nitrogens with zero attached hydrogens (tertiary/aromatic N) is 1. The van der Waals surface area contributed by atoms with Crippen LogP contribution in [-0.4, -0.2) is 59.6 Å². The molecule has 0 bridgehead atoms. The van der Waals surface area contributed by atoms with Crippen molar-refractivity contribution in [2.24, 2.45) is 0 Å². The van der Waals surface area contributed by atoms with Crippen LogP contribution in [-0.2, 0) is 13.0 Å². The Labute approximate surface area is 166 Å². The Hall–Kier alpha value is -2.32. The maximum Gasteiger partial charge on any atom is 0.388 e. The number of rotatable bonds is 10. The molecule has 0 aliphatic carbocycles. The number of phenols is 1. The second-order valence-corrected chi connectivity index (χ2v) is 6.72. The van der Waals surface area contributed by atoms with E-state index in [1.54, 1.807) is 36.1 Å². The molecule has 0 aliphatic heterocycles. The van der Waals surface area contributed by atoms with Crippen molar-refractivity contribution in [1.29, 1.82) is 0 Å². The number of hydrazine groups is 1. The van der Waals surface area contributed by atoms with Gasteiger partial charge in [0.1, 0.15) is 5.75 Å². The van der Waals surface area contributed by atoms with E-state index >= 15 is 0 Å². The summed E-state index contributed by atoms with van der Waals surface area (Å²) in [5.74, 6) is -0.555. The van der Waals surface area contributed by atoms with Crippen molar-refractivity contribution in [2.45, 2.75) is 31.9 Å². The zero-order valence-corrected chi connectivity index (χ0v) is 15.8. The Morgan fingerprint density at radius 1 is 1.14 bits per heavy atom. The van der Waals surface area contributed by atoms with Gasteiger partial charge in [0.15, 0.2) is 5.81 Å². The summed E-state index contributed by atoms with van der Waals surface area (Å²) in [5.41, 5.74) is 1.83. The third kappa shape index (κ3) is 7.74. The molecule has 1 amide bonds. The number of aliphatic hydroxyl groups is 1. The van der Waals surface area contributed by atoms with E-state index in [1.165, 1.54) is 0 Å². The van der Waals surface area contributed by atoms with E-state index in [0.29, 0.717) is 13.0 Å². The van der Waals surface area contributed by atoms with Gasteiger partial charge in [-0.25, -0.2) is 5.01 Å². The van der Waals surface area contributed by atoms with Gasteiger partial charge < -0.3 is 20.6 Å². The van der Waals surface area contributed by atoms with Crippen LogP contribution in [0.1, 0.15) is 11.1 Å². The molecule has 2 aromatic carbocycles. The standard InChI is InChI=1S/C19H25B2N3O4/c1-21(28)23-24(12-15-7-9-16(25)10-8-15)13-18(26)17(22-19(20)27)11-14-5-3-2-4-6-14/h2-10,17-18,23,25-26,28H,11-13H2,1H3,(H,22,27)/t17-,18-/m1/s1. The summed E-state index contributed by atoms with van der Waals surface area (Å²) in [6.45, 7) is 2.07. The van der Waals surface area contributed by atoms with Crippen LogP contribution in [0.4, 0.5) is 4.79 Å². The van der Waals surface area contributed by atoms with Crippen molar-refractivity contribution in [1.82, 2.24) is 15.7 Å². The van der Waals surface area contributed by atoms with Crippen molar-refractivity contribution >= 4 is 20.7 Å². The lowest BCUT2D eigenvalue weighted by molar-refractivity contribution is 0.0667. The number of carbonyl (C=O) groups excluding carboxylic acids is 1. The Morgan fingerprint density at radius 3 is 2.36 bits per heavy atom. The maximum atomic E-state index is 11.4. The number of hydrogen-bond acceptors (Lipinski definition) is 6. The second kappa shape index (κ2) is 10.9. The molecule has 9 heteroatoms. The average Bonchev–Trinajstić information content (AvgIpc) is 2.63. The summed E-state index contributed by atoms with van der Waals surface area (Å²) < 4.78 is 0. The number of nitrogens with one attached hydrogen (secondary N) is 2. The van der Waals surface area contributed by atoms with E-state index in [-0.39, 0.29) is 12.3 Å². The Morgan fingerprint density at radius 2 is 1.79 bits per heavy atom. The van der Waals surface area contributed by atoms with Gasteiger partial charge in [-0.2, -0.15) is 0 Å². The molecule has 0 saturated heterocycles. The Balaban J connectivity index is 2.09. The van der Waals surface area contributed by atoms with Gasteiger partial charge in [-0.1, -0.05) is 42.5 Å². The fourth-order valence-corrected chi connectivity index (χ4v) is 2.94. The van der Waals surface area contributed by atoms with Gasteiger partial charge in [-0.15, -0.1) is 0 Å². The minimum absolute atomic E-state index is 0.129. The monoisotopic (exact) mass is 381 g/mol. The third-order valence-corrected chi connectivity index (χ3v) is 4.18. The van der Waals surface area contributed by atoms with Crippen molar-refractivity contribution < 1.29 is 20.0 Å². The molecule has 2 rings (SSSR count). The molecular weight excluding hydrogens is 356 g/mol. The van der Waals surface area contributed by atoms with E-state index in [2.05, 4.69) is 10.7 Å². The predicted octanol–water partition coefficient (Wildman–Crippen LogP) is 0.659. The first-order valence-corrected chi connectivity index (χ1v) is 9.08. The highest BCUT2D eigenvalue weighted by Gasteiger charge is 2.24. The molecule has 0 unspecified atom stereocenters. The van der Waals surface area contributed by atoms with Crippen LogP contribution < -0.4 is 10.7 Å². The first-order chi connectivity index (χ1) is 13.3. The maximum absolute atomic E-state index is 11.4. The minimum atomic E-state index is -0.948. The number of amides is 1. The summed E-state index contributed by atoms with van der Waals surface area (Å²) in [4.78, 5) is 11.4. The van der Waals surface area contributed by atoms with Gasteiger partial charge in [0.05, 0.1) is 12.1 Å². The van der Waals surface area contributed by atoms with Gasteiger partial charge in [0, 0.05) is 13.1 Å². The quantitative estimate of drug-likeness (QED) is 0.306. The van der Waals surface area contributed by atoms with Gasteiger partial charge >= 0.3 is 7.05 Å². The zero-order valence-electron chi connectivity index (χ0n) is 15.8. The number of aliphatic hydroxyl groups excluding tert-OH is 1. The van der Waals surface area contributed by atoms with Gasteiger partial charge in [0.2, 0.25) is 7.85 Å². The van der Waals surface area contributed by atoms with Gasteiger partial charge in [-0.3, -0.25) is 10.1 Å². The molecule has 0 heterocycles. The second-order valence-electron chi connectivity index (χ2n) is 6.72. The van der Waals surface area contributed by atoms with E-state index in [1.807, 2.05) is 30.3 Å². The van der Waals surface area contributed by atoms with E-state index < -0.39 is 25.0 Å². The summed E-state index contributed by atoms with van der Waals surface area (Å²) >= 11 is 0. The molecular formula is C19H25B2N3O4. The van der Waals surface area contributed by atoms with Crippen LogP contribution in [0.2, 0.25) is 6.82 Å². The number of benzene rings is 2. The summed E-state index contributed by atoms with van der Waals surface area (Å²) in [5, 5.41) is 37.0. The molecule has 146 valence electrons. The fraction of sp³-hybridized carbons (Fsp3) is 0.316. The van der Waals surface area contributed by atoms with E-state index in [4.69, 9.17) is 7.85 Å². The molecule has 0 aromatic heterocycles. The highest BCUT2D eigenvalue weighted by atomic mass is 16.3. The van der Waals surface area contributed by atoms with Crippen LogP contribution in [0.3, 0.4) is 0 Å². The van der Waals surface area contributed by atoms with Crippen molar-refractivity contribution in [3.05, 3.63) is 65.7 Å². The Bertz CT molecular complexity index is 732. The number of phenolic OH excluding ortho intramolecular Hbond substituents is 1. The lowest BCUT2D eigenvalue weighted by Crippen LogP contribution is -2.54. The molecule has 7 nitrogen and oxygen atoms in total. The summed E-state index contributed by atoms with van der Waals surface area (Å²) in [6.07, 6.45) is -0.539. The average molecular weight is 381 g/mol. The fourth-order valence-electron chi connectivity index (χ4n) is 2.94. The SMILES string of the molecule is [B]C(=O)N[C@H](Cc1ccccc1)[C@H](O)CN(Cc1ccc(O)cc1)NB(C)O. The van der Waals surface area contributed by atoms with Crippen molar-refractivity contribution in [3.8, 4) is 5.75 Å². The van der Waals surface area contributed by atoms with Gasteiger partial charge in [0.25, 0.3) is 0 Å². The van der Waals surface area contributed by atoms with Crippen LogP contribution >= 0.6 is 0 Å². The lowest BCUT2D eigenvalue weighted by atomic mass is 9.90. The van der Waals surface area contributed by atoms with Crippen molar-refractivity contribution in [3.63, 3.8) is 0 Å². The summed E-state index contributed by atoms with van der Waals surface area (Å²) in [7, 11) is 4.45. The molecule has 5 N–H and O–H groups in total. The minimum Gasteiger partial charge on any atom is -0.508 e. The normalized spacial score (nSPS) is 13.1. The summed E-state index contributed by atoms with van der Waals surface area (Å²) in [6, 6.07) is 15.5. The van der Waals surface area contributed by atoms with E-state index in [0.717, 1.165) is 11.1 Å². The molecule has 2 aromatic rings. The number of hydrogen-bond donors (Lipinski definition) is 5. The van der Waals surface area contributed by atoms with Crippen LogP contribution in [0, 0.1) is 0 Å². The van der Waals surface area contributed by atoms with Crippen molar-refractivity contribution in [2.75, 3.05) is 6.54 Å². The smallest absolute Gasteiger partial charge is 0.388 e. The largest absolute Gasteiger partial charge is 0.508 e. The molecule has 0 fully saturated rings. The first kappa shape index (κ1) is 22.0. The first-order valence-electron chi connectivity index (χ1n) is 9.08. The van der Waals surface area contributed by atoms with E-state index in [9.17, 15) is 20.0 Å². The predicted molar refractivity (Wildman–Crippen MR) is 110 cm³/mol. The molecule has 0 spiro atoms. The molecule has 28 heavy (non-hydrogen) atoms.